The van der Waals surface area contributed by atoms with Crippen molar-refractivity contribution < 1.29 is 0 Å². The van der Waals surface area contributed by atoms with Gasteiger partial charge in [0.2, 0.25) is 0 Å². The van der Waals surface area contributed by atoms with Gasteiger partial charge < -0.3 is 11.1 Å². The Morgan fingerprint density at radius 2 is 2.16 bits per heavy atom. The first-order valence-electron chi connectivity index (χ1n) is 5.92. The number of nitrogens with two attached hydrogens (primary N) is 1. The van der Waals surface area contributed by atoms with Crippen LogP contribution in [0.1, 0.15) is 18.2 Å². The molecular weight excluding hydrogens is 320 g/mol. The highest BCUT2D eigenvalue weighted by atomic mass is 79.9. The molecule has 0 unspecified atom stereocenters. The number of hydrogen-bond donors (Lipinski definition) is 2. The number of halogens is 1. The molecule has 3 N–H and O–H groups in total. The summed E-state index contributed by atoms with van der Waals surface area (Å²) in [6, 6.07) is 10.4. The van der Waals surface area contributed by atoms with Gasteiger partial charge in [-0.2, -0.15) is 0 Å². The van der Waals surface area contributed by atoms with Gasteiger partial charge in [0.05, 0.1) is 0 Å². The number of hydrogen-bond acceptors (Lipinski definition) is 3. The first kappa shape index (κ1) is 14.0. The Balaban J connectivity index is 2.57. The summed E-state index contributed by atoms with van der Waals surface area (Å²) < 4.78 is 2.27. The lowest BCUT2D eigenvalue weighted by Crippen LogP contribution is -2.01. The Kier molecular flexibility index (Phi) is 4.56. The number of nitrogens with one attached hydrogen (secondary N) is 1. The fourth-order valence-electron chi connectivity index (χ4n) is 1.86. The SMILES string of the molecule is C/C(Br)=C\C(=C(\N)CC=N)c1cc2ccccc2s1. The third kappa shape index (κ3) is 3.33. The average molecular weight is 335 g/mol. The normalized spacial score (nSPS) is 13.5. The van der Waals surface area contributed by atoms with Crippen LogP contribution in [0.2, 0.25) is 0 Å². The summed E-state index contributed by atoms with van der Waals surface area (Å²) in [5.74, 6) is 0. The number of rotatable bonds is 4. The highest BCUT2D eigenvalue weighted by Crippen LogP contribution is 2.33. The van der Waals surface area contributed by atoms with Gasteiger partial charge in [-0.05, 0) is 35.0 Å². The zero-order valence-electron chi connectivity index (χ0n) is 10.6. The molecule has 0 atom stereocenters. The maximum absolute atomic E-state index is 7.21. The zero-order valence-corrected chi connectivity index (χ0v) is 13.0. The smallest absolute Gasteiger partial charge is 0.0373 e. The van der Waals surface area contributed by atoms with Crippen LogP contribution in [0.25, 0.3) is 15.7 Å². The van der Waals surface area contributed by atoms with Crippen molar-refractivity contribution in [3.63, 3.8) is 0 Å². The van der Waals surface area contributed by atoms with E-state index >= 15 is 0 Å². The van der Waals surface area contributed by atoms with Crippen LogP contribution >= 0.6 is 27.3 Å². The van der Waals surface area contributed by atoms with Crippen LogP contribution in [-0.4, -0.2) is 6.21 Å². The Morgan fingerprint density at radius 3 is 2.79 bits per heavy atom. The third-order valence-corrected chi connectivity index (χ3v) is 4.08. The van der Waals surface area contributed by atoms with Gasteiger partial charge in [-0.15, -0.1) is 11.3 Å². The molecule has 0 radical (unpaired) electrons. The molecule has 19 heavy (non-hydrogen) atoms. The first-order chi connectivity index (χ1) is 9.11. The number of allylic oxidation sites excluding steroid dienone is 4. The van der Waals surface area contributed by atoms with Gasteiger partial charge in [-0.3, -0.25) is 0 Å². The van der Waals surface area contributed by atoms with Crippen molar-refractivity contribution in [3.05, 3.63) is 51.5 Å². The molecule has 1 aromatic carbocycles. The van der Waals surface area contributed by atoms with E-state index in [4.69, 9.17) is 11.1 Å². The van der Waals surface area contributed by atoms with Gasteiger partial charge in [0.1, 0.15) is 0 Å². The fraction of sp³-hybridized carbons (Fsp3) is 0.133. The molecule has 2 aromatic rings. The molecule has 4 heteroatoms. The molecular formula is C15H15BrN2S. The lowest BCUT2D eigenvalue weighted by atomic mass is 10.1. The summed E-state index contributed by atoms with van der Waals surface area (Å²) in [7, 11) is 0. The molecule has 0 fully saturated rings. The van der Waals surface area contributed by atoms with Crippen LogP contribution in [0.3, 0.4) is 0 Å². The second-order valence-corrected chi connectivity index (χ2v) is 6.56. The summed E-state index contributed by atoms with van der Waals surface area (Å²) >= 11 is 5.18. The molecule has 0 saturated carbocycles. The second-order valence-electron chi connectivity index (χ2n) is 4.23. The molecule has 0 amide bonds. The van der Waals surface area contributed by atoms with Gasteiger partial charge in [-0.25, -0.2) is 0 Å². The largest absolute Gasteiger partial charge is 0.401 e. The van der Waals surface area contributed by atoms with E-state index in [2.05, 4.69) is 34.1 Å². The quantitative estimate of drug-likeness (QED) is 0.605. The minimum absolute atomic E-state index is 0.473. The van der Waals surface area contributed by atoms with Crippen molar-refractivity contribution in [2.24, 2.45) is 5.73 Å². The summed E-state index contributed by atoms with van der Waals surface area (Å²) in [4.78, 5) is 1.14. The van der Waals surface area contributed by atoms with E-state index < -0.39 is 0 Å². The van der Waals surface area contributed by atoms with E-state index in [0.29, 0.717) is 6.42 Å². The van der Waals surface area contributed by atoms with Crippen LogP contribution < -0.4 is 5.73 Å². The van der Waals surface area contributed by atoms with Crippen molar-refractivity contribution in [1.29, 1.82) is 5.41 Å². The maximum atomic E-state index is 7.21. The minimum Gasteiger partial charge on any atom is -0.401 e. The van der Waals surface area contributed by atoms with E-state index in [1.54, 1.807) is 11.3 Å². The van der Waals surface area contributed by atoms with Gasteiger partial charge in [0, 0.05) is 33.5 Å². The third-order valence-electron chi connectivity index (χ3n) is 2.70. The summed E-state index contributed by atoms with van der Waals surface area (Å²) in [5.41, 5.74) is 7.82. The van der Waals surface area contributed by atoms with Gasteiger partial charge in [-0.1, -0.05) is 34.1 Å². The van der Waals surface area contributed by atoms with E-state index in [9.17, 15) is 0 Å². The molecule has 2 rings (SSSR count). The van der Waals surface area contributed by atoms with Crippen LogP contribution in [0.15, 0.2) is 46.6 Å². The summed E-state index contributed by atoms with van der Waals surface area (Å²) in [6.07, 6.45) is 3.82. The monoisotopic (exact) mass is 334 g/mol. The molecule has 0 aliphatic rings. The molecule has 2 nitrogen and oxygen atoms in total. The lowest BCUT2D eigenvalue weighted by Gasteiger charge is -2.05. The van der Waals surface area contributed by atoms with Crippen LogP contribution in [0.5, 0.6) is 0 Å². The summed E-state index contributed by atoms with van der Waals surface area (Å²) in [6.45, 7) is 1.98. The molecule has 0 saturated heterocycles. The van der Waals surface area contributed by atoms with E-state index in [0.717, 1.165) is 20.6 Å². The summed E-state index contributed by atoms with van der Waals surface area (Å²) in [5, 5.41) is 8.44. The number of fused-ring (bicyclic) bond motifs is 1. The second kappa shape index (κ2) is 6.17. The molecule has 0 bridgehead atoms. The Bertz CT molecular complexity index is 631. The van der Waals surface area contributed by atoms with Crippen molar-refractivity contribution in [2.75, 3.05) is 0 Å². The molecule has 1 heterocycles. The molecule has 0 aliphatic heterocycles. The fourth-order valence-corrected chi connectivity index (χ4v) is 3.20. The topological polar surface area (TPSA) is 49.9 Å². The van der Waals surface area contributed by atoms with Gasteiger partial charge >= 0.3 is 0 Å². The Labute approximate surface area is 125 Å². The van der Waals surface area contributed by atoms with E-state index in [1.807, 2.05) is 25.1 Å². The van der Waals surface area contributed by atoms with E-state index in [1.165, 1.54) is 16.3 Å². The van der Waals surface area contributed by atoms with Crippen LogP contribution in [0, 0.1) is 5.41 Å². The molecule has 98 valence electrons. The minimum atomic E-state index is 0.473. The number of thiophene rings is 1. The maximum Gasteiger partial charge on any atom is 0.0373 e. The standard InChI is InChI=1S/C15H15BrN2S/c1-10(16)8-12(13(18)6-7-17)15-9-11-4-2-3-5-14(11)19-15/h2-5,7-9,17H,6,18H2,1H3/b10-8+,13-12-,17-7?. The van der Waals surface area contributed by atoms with Crippen molar-refractivity contribution in [3.8, 4) is 0 Å². The van der Waals surface area contributed by atoms with Crippen molar-refractivity contribution in [1.82, 2.24) is 0 Å². The zero-order chi connectivity index (χ0) is 13.8. The molecule has 0 spiro atoms. The van der Waals surface area contributed by atoms with Crippen LogP contribution in [-0.2, 0) is 0 Å². The van der Waals surface area contributed by atoms with E-state index in [-0.39, 0.29) is 0 Å². The molecule has 1 aromatic heterocycles. The predicted octanol–water partition coefficient (Wildman–Crippen LogP) is 4.91. The van der Waals surface area contributed by atoms with Crippen LogP contribution in [0.4, 0.5) is 0 Å². The molecule has 0 aliphatic carbocycles. The average Bonchev–Trinajstić information content (AvgIpc) is 2.79. The van der Waals surface area contributed by atoms with Crippen molar-refractivity contribution >= 4 is 49.1 Å². The van der Waals surface area contributed by atoms with Gasteiger partial charge in [0.25, 0.3) is 0 Å². The Morgan fingerprint density at radius 1 is 1.42 bits per heavy atom. The lowest BCUT2D eigenvalue weighted by molar-refractivity contribution is 1.22. The Hall–Kier alpha value is -1.39. The highest BCUT2D eigenvalue weighted by Gasteiger charge is 2.08. The van der Waals surface area contributed by atoms with Gasteiger partial charge in [0.15, 0.2) is 0 Å². The first-order valence-corrected chi connectivity index (χ1v) is 7.53. The van der Waals surface area contributed by atoms with Crippen molar-refractivity contribution in [2.45, 2.75) is 13.3 Å². The number of benzene rings is 1. The predicted molar refractivity (Wildman–Crippen MR) is 89.0 cm³/mol. The highest BCUT2D eigenvalue weighted by molar-refractivity contribution is 9.11.